The average molecular weight is 218 g/mol. The van der Waals surface area contributed by atoms with Gasteiger partial charge in [-0.05, 0) is 36.9 Å². The van der Waals surface area contributed by atoms with Crippen molar-refractivity contribution in [2.24, 2.45) is 5.73 Å². The Balaban J connectivity index is 1.88. The van der Waals surface area contributed by atoms with Crippen molar-refractivity contribution in [1.82, 2.24) is 4.90 Å². The molecule has 1 atom stereocenters. The van der Waals surface area contributed by atoms with Crippen molar-refractivity contribution in [3.63, 3.8) is 0 Å². The van der Waals surface area contributed by atoms with Crippen LogP contribution in [0.4, 0.5) is 0 Å². The zero-order valence-corrected chi connectivity index (χ0v) is 10.2. The molecular formula is C14H22N2. The van der Waals surface area contributed by atoms with Crippen LogP contribution in [0.1, 0.15) is 30.9 Å². The highest BCUT2D eigenvalue weighted by molar-refractivity contribution is 5.28. The van der Waals surface area contributed by atoms with E-state index in [1.54, 1.807) is 0 Å². The van der Waals surface area contributed by atoms with Crippen LogP contribution in [0, 0.1) is 0 Å². The van der Waals surface area contributed by atoms with Crippen LogP contribution in [-0.4, -0.2) is 24.0 Å². The molecule has 1 aliphatic rings. The Bertz CT molecular complexity index is 335. The minimum atomic E-state index is 0.372. The Kier molecular flexibility index (Phi) is 3.97. The average Bonchev–Trinajstić information content (AvgIpc) is 2.35. The van der Waals surface area contributed by atoms with Crippen LogP contribution in [-0.2, 0) is 13.0 Å². The van der Waals surface area contributed by atoms with Crippen LogP contribution < -0.4 is 5.73 Å². The zero-order valence-electron chi connectivity index (χ0n) is 10.2. The first kappa shape index (κ1) is 11.6. The van der Waals surface area contributed by atoms with E-state index >= 15 is 0 Å². The molecule has 0 aliphatic carbocycles. The molecular weight excluding hydrogens is 196 g/mol. The molecule has 88 valence electrons. The standard InChI is InChI=1S/C14H22N2/c1-2-14(15)8-10-16-9-7-12-5-3-4-6-13(12)11-16/h3-6,14H,2,7-11,15H2,1H3. The Hall–Kier alpha value is -0.860. The fourth-order valence-electron chi connectivity index (χ4n) is 2.30. The highest BCUT2D eigenvalue weighted by atomic mass is 15.1. The second-order valence-corrected chi connectivity index (χ2v) is 4.75. The number of rotatable bonds is 4. The Morgan fingerprint density at radius 3 is 2.81 bits per heavy atom. The van der Waals surface area contributed by atoms with Crippen LogP contribution in [0.25, 0.3) is 0 Å². The molecule has 0 spiro atoms. The van der Waals surface area contributed by atoms with Crippen LogP contribution in [0.5, 0.6) is 0 Å². The molecule has 2 N–H and O–H groups in total. The Labute approximate surface area is 98.4 Å². The summed E-state index contributed by atoms with van der Waals surface area (Å²) in [6.07, 6.45) is 3.40. The van der Waals surface area contributed by atoms with E-state index < -0.39 is 0 Å². The van der Waals surface area contributed by atoms with Crippen LogP contribution in [0.2, 0.25) is 0 Å². The Morgan fingerprint density at radius 1 is 1.31 bits per heavy atom. The fourth-order valence-corrected chi connectivity index (χ4v) is 2.30. The number of fused-ring (bicyclic) bond motifs is 1. The predicted octanol–water partition coefficient (Wildman–Crippen LogP) is 2.17. The molecule has 1 unspecified atom stereocenters. The minimum Gasteiger partial charge on any atom is -0.328 e. The first-order valence-electron chi connectivity index (χ1n) is 6.34. The lowest BCUT2D eigenvalue weighted by Gasteiger charge is -2.29. The third-order valence-electron chi connectivity index (χ3n) is 3.55. The molecule has 1 aliphatic heterocycles. The summed E-state index contributed by atoms with van der Waals surface area (Å²) in [5.74, 6) is 0. The van der Waals surface area contributed by atoms with Crippen LogP contribution in [0.15, 0.2) is 24.3 Å². The van der Waals surface area contributed by atoms with Gasteiger partial charge in [-0.3, -0.25) is 4.90 Å². The highest BCUT2D eigenvalue weighted by Gasteiger charge is 2.15. The second-order valence-electron chi connectivity index (χ2n) is 4.75. The van der Waals surface area contributed by atoms with Crippen LogP contribution in [0.3, 0.4) is 0 Å². The molecule has 2 rings (SSSR count). The Morgan fingerprint density at radius 2 is 2.06 bits per heavy atom. The molecule has 0 aromatic heterocycles. The molecule has 0 fully saturated rings. The van der Waals surface area contributed by atoms with Gasteiger partial charge in [-0.25, -0.2) is 0 Å². The first-order valence-corrected chi connectivity index (χ1v) is 6.34. The smallest absolute Gasteiger partial charge is 0.0236 e. The summed E-state index contributed by atoms with van der Waals surface area (Å²) in [6, 6.07) is 9.16. The maximum atomic E-state index is 5.96. The maximum absolute atomic E-state index is 5.96. The number of hydrogen-bond donors (Lipinski definition) is 1. The summed E-state index contributed by atoms with van der Waals surface area (Å²) in [6.45, 7) is 5.60. The number of nitrogens with two attached hydrogens (primary N) is 1. The van der Waals surface area contributed by atoms with Gasteiger partial charge in [0.05, 0.1) is 0 Å². The van der Waals surface area contributed by atoms with Gasteiger partial charge in [0.2, 0.25) is 0 Å². The quantitative estimate of drug-likeness (QED) is 0.839. The molecule has 2 heteroatoms. The van der Waals surface area contributed by atoms with E-state index in [1.165, 1.54) is 24.1 Å². The molecule has 1 aromatic carbocycles. The molecule has 1 heterocycles. The molecule has 0 saturated heterocycles. The molecule has 2 nitrogen and oxygen atoms in total. The summed E-state index contributed by atoms with van der Waals surface area (Å²) in [5, 5.41) is 0. The van der Waals surface area contributed by atoms with Gasteiger partial charge >= 0.3 is 0 Å². The van der Waals surface area contributed by atoms with Gasteiger partial charge in [-0.1, -0.05) is 31.2 Å². The van der Waals surface area contributed by atoms with Gasteiger partial charge in [-0.15, -0.1) is 0 Å². The minimum absolute atomic E-state index is 0.372. The largest absolute Gasteiger partial charge is 0.328 e. The summed E-state index contributed by atoms with van der Waals surface area (Å²) < 4.78 is 0. The van der Waals surface area contributed by atoms with E-state index in [1.807, 2.05) is 0 Å². The highest BCUT2D eigenvalue weighted by Crippen LogP contribution is 2.18. The van der Waals surface area contributed by atoms with Crippen molar-refractivity contribution in [3.05, 3.63) is 35.4 Å². The first-order chi connectivity index (χ1) is 7.79. The van der Waals surface area contributed by atoms with E-state index in [9.17, 15) is 0 Å². The van der Waals surface area contributed by atoms with Crippen molar-refractivity contribution in [2.75, 3.05) is 13.1 Å². The topological polar surface area (TPSA) is 29.3 Å². The van der Waals surface area contributed by atoms with Gasteiger partial charge < -0.3 is 5.73 Å². The second kappa shape index (κ2) is 5.46. The number of hydrogen-bond acceptors (Lipinski definition) is 2. The lowest BCUT2D eigenvalue weighted by atomic mass is 9.99. The van der Waals surface area contributed by atoms with Gasteiger partial charge in [-0.2, -0.15) is 0 Å². The molecule has 0 bridgehead atoms. The summed E-state index contributed by atoms with van der Waals surface area (Å²) in [7, 11) is 0. The fraction of sp³-hybridized carbons (Fsp3) is 0.571. The van der Waals surface area contributed by atoms with Crippen molar-refractivity contribution >= 4 is 0 Å². The van der Waals surface area contributed by atoms with Crippen LogP contribution >= 0.6 is 0 Å². The predicted molar refractivity (Wildman–Crippen MR) is 68.3 cm³/mol. The third-order valence-corrected chi connectivity index (χ3v) is 3.55. The molecule has 0 radical (unpaired) electrons. The summed E-state index contributed by atoms with van der Waals surface area (Å²) >= 11 is 0. The van der Waals surface area contributed by atoms with Crippen molar-refractivity contribution in [1.29, 1.82) is 0 Å². The molecule has 1 aromatic rings. The zero-order chi connectivity index (χ0) is 11.4. The maximum Gasteiger partial charge on any atom is 0.0236 e. The van der Waals surface area contributed by atoms with E-state index in [0.29, 0.717) is 6.04 Å². The SMILES string of the molecule is CCC(N)CCN1CCc2ccccc2C1. The molecule has 0 saturated carbocycles. The van der Waals surface area contributed by atoms with Crippen molar-refractivity contribution < 1.29 is 0 Å². The molecule has 16 heavy (non-hydrogen) atoms. The van der Waals surface area contributed by atoms with Gasteiger partial charge in [0.25, 0.3) is 0 Å². The van der Waals surface area contributed by atoms with E-state index in [4.69, 9.17) is 5.73 Å². The monoisotopic (exact) mass is 218 g/mol. The lowest BCUT2D eigenvalue weighted by molar-refractivity contribution is 0.243. The van der Waals surface area contributed by atoms with Crippen molar-refractivity contribution in [2.45, 2.75) is 38.8 Å². The third kappa shape index (κ3) is 2.83. The van der Waals surface area contributed by atoms with E-state index in [-0.39, 0.29) is 0 Å². The molecule has 0 amide bonds. The summed E-state index contributed by atoms with van der Waals surface area (Å²) in [4.78, 5) is 2.53. The van der Waals surface area contributed by atoms with Gasteiger partial charge in [0.1, 0.15) is 0 Å². The van der Waals surface area contributed by atoms with E-state index in [0.717, 1.165) is 25.9 Å². The number of benzene rings is 1. The normalized spacial score (nSPS) is 18.1. The van der Waals surface area contributed by atoms with Gasteiger partial charge in [0, 0.05) is 19.1 Å². The van der Waals surface area contributed by atoms with Crippen molar-refractivity contribution in [3.8, 4) is 0 Å². The lowest BCUT2D eigenvalue weighted by Crippen LogP contribution is -2.34. The van der Waals surface area contributed by atoms with Gasteiger partial charge in [0.15, 0.2) is 0 Å². The summed E-state index contributed by atoms with van der Waals surface area (Å²) in [5.41, 5.74) is 8.98. The van der Waals surface area contributed by atoms with E-state index in [2.05, 4.69) is 36.1 Å². The number of nitrogens with zero attached hydrogens (tertiary/aromatic N) is 1.